The molecule has 0 spiro atoms. The second-order valence-corrected chi connectivity index (χ2v) is 4.78. The van der Waals surface area contributed by atoms with Gasteiger partial charge in [0.05, 0.1) is 0 Å². The Kier molecular flexibility index (Phi) is 6.99. The first kappa shape index (κ1) is 16.4. The maximum absolute atomic E-state index is 10.2. The third-order valence-electron chi connectivity index (χ3n) is 2.95. The van der Waals surface area contributed by atoms with Crippen LogP contribution >= 0.6 is 0 Å². The summed E-state index contributed by atoms with van der Waals surface area (Å²) in [6.45, 7) is 5.48. The molecule has 0 aliphatic carbocycles. The predicted octanol–water partition coefficient (Wildman–Crippen LogP) is 2.24. The van der Waals surface area contributed by atoms with Crippen LogP contribution in [0.2, 0.25) is 0 Å². The van der Waals surface area contributed by atoms with Gasteiger partial charge in [-0.2, -0.15) is 0 Å². The van der Waals surface area contributed by atoms with Crippen molar-refractivity contribution in [1.82, 2.24) is 0 Å². The molecule has 0 fully saturated rings. The van der Waals surface area contributed by atoms with Crippen molar-refractivity contribution >= 4 is 0 Å². The second kappa shape index (κ2) is 7.67. The van der Waals surface area contributed by atoms with Crippen molar-refractivity contribution < 1.29 is 19.8 Å². The molecular formula is C10H20N2O6. The highest BCUT2D eigenvalue weighted by atomic mass is 17.0. The summed E-state index contributed by atoms with van der Waals surface area (Å²) in [5, 5.41) is 18.7. The largest absolute Gasteiger partial charge is 0.313 e. The second-order valence-electron chi connectivity index (χ2n) is 4.78. The molecule has 0 aromatic rings. The lowest BCUT2D eigenvalue weighted by Gasteiger charge is -2.31. The maximum atomic E-state index is 10.2. The van der Waals surface area contributed by atoms with E-state index in [1.54, 1.807) is 0 Å². The zero-order chi connectivity index (χ0) is 14.2. The molecule has 0 saturated carbocycles. The topological polar surface area (TPSA) is 105 Å². The van der Waals surface area contributed by atoms with Crippen molar-refractivity contribution in [2.75, 3.05) is 13.2 Å². The summed E-state index contributed by atoms with van der Waals surface area (Å²) in [7, 11) is 0. The number of nitrogens with zero attached hydrogens (tertiary/aromatic N) is 2. The lowest BCUT2D eigenvalue weighted by molar-refractivity contribution is -0.772. The quantitative estimate of drug-likeness (QED) is 0.442. The first-order chi connectivity index (χ1) is 8.31. The van der Waals surface area contributed by atoms with Gasteiger partial charge in [-0.25, -0.2) is 0 Å². The first-order valence-electron chi connectivity index (χ1n) is 5.86. The molecule has 0 N–H and O–H groups in total. The maximum Gasteiger partial charge on any atom is 0.294 e. The molecule has 0 aromatic carbocycles. The highest BCUT2D eigenvalue weighted by Crippen LogP contribution is 2.31. The van der Waals surface area contributed by atoms with E-state index in [2.05, 4.69) is 9.68 Å². The van der Waals surface area contributed by atoms with E-state index in [9.17, 15) is 20.2 Å². The molecular weight excluding hydrogens is 244 g/mol. The minimum Gasteiger partial charge on any atom is -0.313 e. The van der Waals surface area contributed by atoms with Crippen LogP contribution in [0, 0.1) is 31.6 Å². The third-order valence-corrected chi connectivity index (χ3v) is 2.95. The summed E-state index contributed by atoms with van der Waals surface area (Å²) in [5.41, 5.74) is -0.690. The fraction of sp³-hybridized carbons (Fsp3) is 1.00. The zero-order valence-electron chi connectivity index (χ0n) is 11.0. The monoisotopic (exact) mass is 264 g/mol. The average molecular weight is 264 g/mol. The van der Waals surface area contributed by atoms with Gasteiger partial charge in [-0.05, 0) is 18.8 Å². The molecule has 18 heavy (non-hydrogen) atoms. The van der Waals surface area contributed by atoms with Gasteiger partial charge in [0.25, 0.3) is 10.2 Å². The van der Waals surface area contributed by atoms with Gasteiger partial charge in [0.2, 0.25) is 0 Å². The van der Waals surface area contributed by atoms with Gasteiger partial charge >= 0.3 is 0 Å². The van der Waals surface area contributed by atoms with Crippen LogP contribution in [0.1, 0.15) is 40.0 Å². The van der Waals surface area contributed by atoms with Gasteiger partial charge in [0.15, 0.2) is 0 Å². The number of hydrogen-bond donors (Lipinski definition) is 0. The van der Waals surface area contributed by atoms with Crippen LogP contribution in [-0.4, -0.2) is 23.4 Å². The molecule has 0 rings (SSSR count). The highest BCUT2D eigenvalue weighted by Gasteiger charge is 2.31. The van der Waals surface area contributed by atoms with E-state index in [4.69, 9.17) is 0 Å². The fourth-order valence-corrected chi connectivity index (χ4v) is 1.54. The Bertz CT molecular complexity index is 264. The van der Waals surface area contributed by atoms with Gasteiger partial charge < -0.3 is 9.68 Å². The van der Waals surface area contributed by atoms with Gasteiger partial charge in [-0.3, -0.25) is 0 Å². The van der Waals surface area contributed by atoms with Gasteiger partial charge in [0.1, 0.15) is 13.2 Å². The van der Waals surface area contributed by atoms with E-state index in [0.29, 0.717) is 18.8 Å². The highest BCUT2D eigenvalue weighted by molar-refractivity contribution is 4.77. The molecule has 8 heteroatoms. The molecule has 0 aliphatic rings. The van der Waals surface area contributed by atoms with Crippen LogP contribution < -0.4 is 0 Å². The summed E-state index contributed by atoms with van der Waals surface area (Å²) in [6.07, 6.45) is 1.90. The Morgan fingerprint density at radius 2 is 1.56 bits per heavy atom. The SMILES string of the molecule is CCC(CCC(C)C)(CO[N+](=O)[O-])CO[N+](=O)[O-]. The van der Waals surface area contributed by atoms with E-state index in [0.717, 1.165) is 6.42 Å². The fourth-order valence-electron chi connectivity index (χ4n) is 1.54. The molecule has 0 amide bonds. The zero-order valence-corrected chi connectivity index (χ0v) is 11.0. The van der Waals surface area contributed by atoms with Gasteiger partial charge in [-0.1, -0.05) is 27.2 Å². The van der Waals surface area contributed by atoms with E-state index in [-0.39, 0.29) is 13.2 Å². The van der Waals surface area contributed by atoms with Crippen molar-refractivity contribution in [2.45, 2.75) is 40.0 Å². The molecule has 0 aliphatic heterocycles. The molecule has 0 unspecified atom stereocenters. The summed E-state index contributed by atoms with van der Waals surface area (Å²) >= 11 is 0. The molecule has 0 atom stereocenters. The Hall–Kier alpha value is -1.60. The normalized spacial score (nSPS) is 11.3. The van der Waals surface area contributed by atoms with Crippen molar-refractivity contribution in [1.29, 1.82) is 0 Å². The Morgan fingerprint density at radius 1 is 1.11 bits per heavy atom. The van der Waals surface area contributed by atoms with Crippen LogP contribution in [0.15, 0.2) is 0 Å². The van der Waals surface area contributed by atoms with Gasteiger partial charge in [-0.15, -0.1) is 20.2 Å². The van der Waals surface area contributed by atoms with Crippen LogP contribution in [0.3, 0.4) is 0 Å². The molecule has 0 saturated heterocycles. The van der Waals surface area contributed by atoms with Gasteiger partial charge in [0, 0.05) is 5.41 Å². The smallest absolute Gasteiger partial charge is 0.294 e. The summed E-state index contributed by atoms with van der Waals surface area (Å²) in [5.74, 6) is 0.405. The Labute approximate surface area is 105 Å². The van der Waals surface area contributed by atoms with Crippen molar-refractivity contribution in [2.24, 2.45) is 11.3 Å². The number of hydrogen-bond acceptors (Lipinski definition) is 6. The van der Waals surface area contributed by atoms with E-state index in [1.807, 2.05) is 20.8 Å². The van der Waals surface area contributed by atoms with Crippen LogP contribution in [-0.2, 0) is 9.68 Å². The molecule has 0 bridgehead atoms. The lowest BCUT2D eigenvalue weighted by Crippen LogP contribution is -2.34. The van der Waals surface area contributed by atoms with E-state index < -0.39 is 15.6 Å². The summed E-state index contributed by atoms with van der Waals surface area (Å²) in [6, 6.07) is 0. The third kappa shape index (κ3) is 6.87. The molecule has 0 radical (unpaired) electrons. The molecule has 8 nitrogen and oxygen atoms in total. The Morgan fingerprint density at radius 3 is 1.83 bits per heavy atom. The molecule has 0 aromatic heterocycles. The molecule has 0 heterocycles. The Balaban J connectivity index is 4.58. The standard InChI is InChI=1S/C10H20N2O6/c1-4-10(6-5-9(2)3,7-17-11(13)14)8-18-12(15)16/h9H,4-8H2,1-3H3. The van der Waals surface area contributed by atoms with Crippen LogP contribution in [0.25, 0.3) is 0 Å². The summed E-state index contributed by atoms with van der Waals surface area (Å²) < 4.78 is 0. The average Bonchev–Trinajstić information content (AvgIpc) is 2.28. The lowest BCUT2D eigenvalue weighted by atomic mass is 9.80. The number of rotatable bonds is 10. The minimum absolute atomic E-state index is 0.183. The minimum atomic E-state index is -0.883. The van der Waals surface area contributed by atoms with E-state index >= 15 is 0 Å². The van der Waals surface area contributed by atoms with Crippen LogP contribution in [0.4, 0.5) is 0 Å². The van der Waals surface area contributed by atoms with E-state index in [1.165, 1.54) is 0 Å². The predicted molar refractivity (Wildman–Crippen MR) is 62.7 cm³/mol. The first-order valence-corrected chi connectivity index (χ1v) is 5.86. The van der Waals surface area contributed by atoms with Crippen molar-refractivity contribution in [3.05, 3.63) is 20.2 Å². The van der Waals surface area contributed by atoms with Crippen LogP contribution in [0.5, 0.6) is 0 Å². The molecule has 106 valence electrons. The summed E-state index contributed by atoms with van der Waals surface area (Å²) in [4.78, 5) is 29.3. The van der Waals surface area contributed by atoms with Crippen molar-refractivity contribution in [3.8, 4) is 0 Å². The van der Waals surface area contributed by atoms with Crippen molar-refractivity contribution in [3.63, 3.8) is 0 Å².